The molecule has 0 aromatic carbocycles. The van der Waals surface area contributed by atoms with Gasteiger partial charge in [0.1, 0.15) is 24.4 Å². The Hall–Kier alpha value is -0.460. The highest BCUT2D eigenvalue weighted by Crippen LogP contribution is 2.19. The van der Waals surface area contributed by atoms with Gasteiger partial charge in [-0.05, 0) is 32.1 Å². The summed E-state index contributed by atoms with van der Waals surface area (Å²) in [6, 6.07) is 0. The standard InChI is InChI=1S/C25H48O5/c1-2-3-4-5-6-7-8-9-10-11-12-13-14-15-16-17-18-19-29-25-22(27)21-30-23(20-26)24(25)28/h9-10,22-28H,2-8,11-21H2,1H3/b10-9+/t22-,23+,24+,25+/m0/s1. The van der Waals surface area contributed by atoms with Gasteiger partial charge < -0.3 is 24.8 Å². The van der Waals surface area contributed by atoms with Crippen LogP contribution >= 0.6 is 0 Å². The van der Waals surface area contributed by atoms with Gasteiger partial charge in [-0.25, -0.2) is 0 Å². The van der Waals surface area contributed by atoms with Crippen LogP contribution in [0.3, 0.4) is 0 Å². The zero-order valence-electron chi connectivity index (χ0n) is 19.4. The van der Waals surface area contributed by atoms with Crippen LogP contribution in [0.2, 0.25) is 0 Å². The highest BCUT2D eigenvalue weighted by molar-refractivity contribution is 4.87. The van der Waals surface area contributed by atoms with Gasteiger partial charge >= 0.3 is 0 Å². The molecule has 0 bridgehead atoms. The van der Waals surface area contributed by atoms with Crippen LogP contribution in [-0.4, -0.2) is 59.6 Å². The molecule has 0 spiro atoms. The van der Waals surface area contributed by atoms with Gasteiger partial charge in [0.15, 0.2) is 0 Å². The highest BCUT2D eigenvalue weighted by atomic mass is 16.6. The summed E-state index contributed by atoms with van der Waals surface area (Å²) in [6.45, 7) is 2.63. The molecule has 1 rings (SSSR count). The second kappa shape index (κ2) is 19.2. The number of rotatable bonds is 19. The van der Waals surface area contributed by atoms with Crippen LogP contribution in [0.1, 0.15) is 103 Å². The van der Waals surface area contributed by atoms with Crippen LogP contribution < -0.4 is 0 Å². The van der Waals surface area contributed by atoms with Crippen LogP contribution in [0, 0.1) is 0 Å². The van der Waals surface area contributed by atoms with Crippen LogP contribution in [0.25, 0.3) is 0 Å². The molecule has 1 aliphatic heterocycles. The fourth-order valence-electron chi connectivity index (χ4n) is 3.97. The molecule has 30 heavy (non-hydrogen) atoms. The molecule has 1 fully saturated rings. The van der Waals surface area contributed by atoms with E-state index >= 15 is 0 Å². The monoisotopic (exact) mass is 428 g/mol. The summed E-state index contributed by atoms with van der Waals surface area (Å²) >= 11 is 0. The molecule has 1 heterocycles. The molecular formula is C25H48O5. The van der Waals surface area contributed by atoms with Crippen molar-refractivity contribution in [3.05, 3.63) is 12.2 Å². The lowest BCUT2D eigenvalue weighted by Crippen LogP contribution is -2.55. The molecule has 0 aromatic heterocycles. The first-order valence-electron chi connectivity index (χ1n) is 12.6. The third kappa shape index (κ3) is 13.1. The van der Waals surface area contributed by atoms with Gasteiger partial charge in [-0.1, -0.05) is 83.3 Å². The summed E-state index contributed by atoms with van der Waals surface area (Å²) in [7, 11) is 0. The van der Waals surface area contributed by atoms with Gasteiger partial charge in [-0.3, -0.25) is 0 Å². The van der Waals surface area contributed by atoms with Crippen molar-refractivity contribution in [1.82, 2.24) is 0 Å². The molecule has 3 N–H and O–H groups in total. The summed E-state index contributed by atoms with van der Waals surface area (Å²) in [5.41, 5.74) is 0. The van der Waals surface area contributed by atoms with Crippen LogP contribution in [0.5, 0.6) is 0 Å². The van der Waals surface area contributed by atoms with Crippen LogP contribution in [-0.2, 0) is 9.47 Å². The van der Waals surface area contributed by atoms with Crippen molar-refractivity contribution in [2.75, 3.05) is 19.8 Å². The zero-order chi connectivity index (χ0) is 21.9. The number of unbranched alkanes of at least 4 members (excludes halogenated alkanes) is 13. The first kappa shape index (κ1) is 27.6. The number of allylic oxidation sites excluding steroid dienone is 2. The van der Waals surface area contributed by atoms with E-state index in [0.717, 1.165) is 12.8 Å². The molecule has 0 aliphatic carbocycles. The van der Waals surface area contributed by atoms with E-state index in [1.54, 1.807) is 0 Å². The van der Waals surface area contributed by atoms with E-state index in [0.29, 0.717) is 6.61 Å². The Balaban J connectivity index is 1.85. The Morgan fingerprint density at radius 3 is 1.90 bits per heavy atom. The minimum absolute atomic E-state index is 0.0984. The van der Waals surface area contributed by atoms with Crippen molar-refractivity contribution >= 4 is 0 Å². The first-order chi connectivity index (χ1) is 14.7. The topological polar surface area (TPSA) is 79.2 Å². The minimum atomic E-state index is -0.974. The van der Waals surface area contributed by atoms with Crippen molar-refractivity contribution in [3.8, 4) is 0 Å². The summed E-state index contributed by atoms with van der Waals surface area (Å²) in [5, 5.41) is 29.1. The highest BCUT2D eigenvalue weighted by Gasteiger charge is 2.38. The van der Waals surface area contributed by atoms with Crippen molar-refractivity contribution < 1.29 is 24.8 Å². The number of hydrogen-bond acceptors (Lipinski definition) is 5. The van der Waals surface area contributed by atoms with E-state index in [4.69, 9.17) is 14.6 Å². The fourth-order valence-corrected chi connectivity index (χ4v) is 3.97. The molecule has 0 radical (unpaired) electrons. The molecule has 1 aliphatic rings. The predicted octanol–water partition coefficient (Wildman–Crippen LogP) is 4.91. The number of aliphatic hydroxyl groups excluding tert-OH is 3. The summed E-state index contributed by atoms with van der Waals surface area (Å²) in [6.07, 6.45) is 20.7. The predicted molar refractivity (Wildman–Crippen MR) is 123 cm³/mol. The van der Waals surface area contributed by atoms with E-state index < -0.39 is 24.4 Å². The molecule has 1 saturated heterocycles. The lowest BCUT2D eigenvalue weighted by atomic mass is 10.0. The van der Waals surface area contributed by atoms with E-state index in [1.165, 1.54) is 83.5 Å². The van der Waals surface area contributed by atoms with Crippen molar-refractivity contribution in [2.45, 2.75) is 128 Å². The van der Waals surface area contributed by atoms with Gasteiger partial charge in [0, 0.05) is 6.61 Å². The van der Waals surface area contributed by atoms with Gasteiger partial charge in [0.25, 0.3) is 0 Å². The molecule has 0 amide bonds. The molecule has 0 saturated carbocycles. The SMILES string of the molecule is CCCCCCCC/C=C/CCCCCCCCCO[C@H]1[C@H](O)[C@@H](CO)OC[C@@H]1O. The van der Waals surface area contributed by atoms with E-state index in [2.05, 4.69) is 19.1 Å². The average molecular weight is 429 g/mol. The maximum absolute atomic E-state index is 10.1. The van der Waals surface area contributed by atoms with E-state index in [9.17, 15) is 10.2 Å². The quantitative estimate of drug-likeness (QED) is 0.201. The summed E-state index contributed by atoms with van der Waals surface area (Å²) < 4.78 is 10.9. The van der Waals surface area contributed by atoms with Gasteiger partial charge in [0.05, 0.1) is 13.2 Å². The Labute approximate surface area is 184 Å². The Kier molecular flexibility index (Phi) is 17.7. The molecule has 4 atom stereocenters. The Morgan fingerprint density at radius 1 is 0.800 bits per heavy atom. The molecule has 0 unspecified atom stereocenters. The maximum Gasteiger partial charge on any atom is 0.114 e. The largest absolute Gasteiger partial charge is 0.394 e. The number of ether oxygens (including phenoxy) is 2. The van der Waals surface area contributed by atoms with Crippen LogP contribution in [0.4, 0.5) is 0 Å². The Morgan fingerprint density at radius 2 is 1.33 bits per heavy atom. The van der Waals surface area contributed by atoms with Gasteiger partial charge in [0.2, 0.25) is 0 Å². The average Bonchev–Trinajstić information content (AvgIpc) is 2.75. The van der Waals surface area contributed by atoms with Crippen molar-refractivity contribution in [2.24, 2.45) is 0 Å². The van der Waals surface area contributed by atoms with E-state index in [1.807, 2.05) is 0 Å². The first-order valence-corrected chi connectivity index (χ1v) is 12.6. The Bertz CT molecular complexity index is 401. The lowest BCUT2D eigenvalue weighted by Gasteiger charge is -2.37. The molecule has 5 heteroatoms. The normalized spacial score (nSPS) is 24.7. The third-order valence-electron chi connectivity index (χ3n) is 5.97. The molecule has 178 valence electrons. The van der Waals surface area contributed by atoms with Gasteiger partial charge in [-0.15, -0.1) is 0 Å². The number of hydrogen-bond donors (Lipinski definition) is 3. The van der Waals surface area contributed by atoms with Gasteiger partial charge in [-0.2, -0.15) is 0 Å². The fraction of sp³-hybridized carbons (Fsp3) is 0.920. The summed E-state index contributed by atoms with van der Waals surface area (Å²) in [4.78, 5) is 0. The minimum Gasteiger partial charge on any atom is -0.394 e. The van der Waals surface area contributed by atoms with E-state index in [-0.39, 0.29) is 13.2 Å². The summed E-state index contributed by atoms with van der Waals surface area (Å²) in [5.74, 6) is 0. The molecule has 0 aromatic rings. The number of aliphatic hydroxyl groups is 3. The lowest BCUT2D eigenvalue weighted by molar-refractivity contribution is -0.210. The second-order valence-corrected chi connectivity index (χ2v) is 8.74. The zero-order valence-corrected chi connectivity index (χ0v) is 19.4. The van der Waals surface area contributed by atoms with Crippen molar-refractivity contribution in [3.63, 3.8) is 0 Å². The maximum atomic E-state index is 10.1. The van der Waals surface area contributed by atoms with Crippen LogP contribution in [0.15, 0.2) is 12.2 Å². The molecular weight excluding hydrogens is 380 g/mol. The molecule has 5 nitrogen and oxygen atoms in total. The third-order valence-corrected chi connectivity index (χ3v) is 5.97. The second-order valence-electron chi connectivity index (χ2n) is 8.74. The van der Waals surface area contributed by atoms with Crippen molar-refractivity contribution in [1.29, 1.82) is 0 Å². The smallest absolute Gasteiger partial charge is 0.114 e.